The van der Waals surface area contributed by atoms with Gasteiger partial charge in [0.25, 0.3) is 11.8 Å². The van der Waals surface area contributed by atoms with Crippen LogP contribution in [0.15, 0.2) is 24.8 Å². The van der Waals surface area contributed by atoms with Crippen LogP contribution in [0.1, 0.15) is 58.8 Å². The molecule has 1 atom stereocenters. The lowest BCUT2D eigenvalue weighted by molar-refractivity contribution is -0.142. The van der Waals surface area contributed by atoms with E-state index in [1.54, 1.807) is 11.8 Å². The molecule has 2 rings (SSSR count). The SMILES string of the molecule is C=CCC.CCCCCCCSC1CC(=O)N(CCN2C(=O)C=CC2=O)C1=O. The fourth-order valence-electron chi connectivity index (χ4n) is 2.80. The van der Waals surface area contributed by atoms with Gasteiger partial charge in [-0.3, -0.25) is 29.0 Å². The van der Waals surface area contributed by atoms with Crippen molar-refractivity contribution in [2.75, 3.05) is 18.8 Å². The summed E-state index contributed by atoms with van der Waals surface area (Å²) in [5.41, 5.74) is 0. The predicted molar refractivity (Wildman–Crippen MR) is 113 cm³/mol. The van der Waals surface area contributed by atoms with Crippen LogP contribution in [-0.4, -0.2) is 57.5 Å². The minimum absolute atomic E-state index is 0.0660. The largest absolute Gasteiger partial charge is 0.280 e. The molecule has 0 N–H and O–H groups in total. The maximum absolute atomic E-state index is 12.3. The van der Waals surface area contributed by atoms with E-state index < -0.39 is 11.8 Å². The van der Waals surface area contributed by atoms with Gasteiger partial charge < -0.3 is 0 Å². The minimum atomic E-state index is -0.392. The second kappa shape index (κ2) is 13.3. The van der Waals surface area contributed by atoms with E-state index in [-0.39, 0.29) is 36.6 Å². The number of unbranched alkanes of at least 4 members (excludes halogenated alkanes) is 4. The van der Waals surface area contributed by atoms with E-state index in [0.29, 0.717) is 0 Å². The fraction of sp³-hybridized carbons (Fsp3) is 0.619. The molecule has 6 nitrogen and oxygen atoms in total. The molecular formula is C21H32N2O4S. The first-order valence-corrected chi connectivity index (χ1v) is 11.1. The average Bonchev–Trinajstić information content (AvgIpc) is 3.15. The molecule has 1 fully saturated rings. The minimum Gasteiger partial charge on any atom is -0.280 e. The van der Waals surface area contributed by atoms with Gasteiger partial charge in [0.1, 0.15) is 0 Å². The van der Waals surface area contributed by atoms with Gasteiger partial charge in [-0.25, -0.2) is 0 Å². The van der Waals surface area contributed by atoms with Crippen LogP contribution in [0.25, 0.3) is 0 Å². The van der Waals surface area contributed by atoms with Crippen molar-refractivity contribution in [2.45, 2.75) is 64.0 Å². The average molecular weight is 409 g/mol. The molecule has 1 saturated heterocycles. The molecular weight excluding hydrogens is 376 g/mol. The molecule has 28 heavy (non-hydrogen) atoms. The molecule has 2 aliphatic rings. The topological polar surface area (TPSA) is 74.8 Å². The Morgan fingerprint density at radius 1 is 1.00 bits per heavy atom. The second-order valence-electron chi connectivity index (χ2n) is 6.72. The Labute approximate surface area is 172 Å². The number of amides is 4. The highest BCUT2D eigenvalue weighted by Gasteiger charge is 2.39. The van der Waals surface area contributed by atoms with Crippen molar-refractivity contribution in [3.05, 3.63) is 24.8 Å². The summed E-state index contributed by atoms with van der Waals surface area (Å²) in [5.74, 6) is -0.302. The molecule has 0 bridgehead atoms. The van der Waals surface area contributed by atoms with Gasteiger partial charge >= 0.3 is 0 Å². The Balaban J connectivity index is 0.000000892. The highest BCUT2D eigenvalue weighted by molar-refractivity contribution is 8.00. The van der Waals surface area contributed by atoms with Crippen LogP contribution in [0.4, 0.5) is 0 Å². The molecule has 0 spiro atoms. The van der Waals surface area contributed by atoms with Crippen molar-refractivity contribution in [1.82, 2.24) is 9.80 Å². The lowest BCUT2D eigenvalue weighted by Gasteiger charge is -2.19. The summed E-state index contributed by atoms with van der Waals surface area (Å²) in [6.07, 6.45) is 11.5. The van der Waals surface area contributed by atoms with Crippen LogP contribution in [0.3, 0.4) is 0 Å². The molecule has 4 amide bonds. The molecule has 2 heterocycles. The van der Waals surface area contributed by atoms with E-state index in [1.807, 2.05) is 6.08 Å². The lowest BCUT2D eigenvalue weighted by atomic mass is 10.2. The van der Waals surface area contributed by atoms with Crippen LogP contribution in [0.5, 0.6) is 0 Å². The first-order chi connectivity index (χ1) is 13.5. The molecule has 2 aliphatic heterocycles. The number of rotatable bonds is 11. The number of nitrogens with zero attached hydrogens (tertiary/aromatic N) is 2. The fourth-order valence-corrected chi connectivity index (χ4v) is 3.99. The van der Waals surface area contributed by atoms with Gasteiger partial charge in [0.15, 0.2) is 0 Å². The quantitative estimate of drug-likeness (QED) is 0.298. The van der Waals surface area contributed by atoms with E-state index in [4.69, 9.17) is 0 Å². The molecule has 0 aromatic heterocycles. The Kier molecular flexibility index (Phi) is 11.5. The van der Waals surface area contributed by atoms with E-state index in [2.05, 4.69) is 20.4 Å². The van der Waals surface area contributed by atoms with Crippen molar-refractivity contribution >= 4 is 35.4 Å². The van der Waals surface area contributed by atoms with Crippen molar-refractivity contribution in [3.8, 4) is 0 Å². The van der Waals surface area contributed by atoms with E-state index in [0.717, 1.165) is 29.9 Å². The Morgan fingerprint density at radius 3 is 2.14 bits per heavy atom. The highest BCUT2D eigenvalue weighted by Crippen LogP contribution is 2.26. The van der Waals surface area contributed by atoms with Gasteiger partial charge in [0.05, 0.1) is 5.25 Å². The maximum atomic E-state index is 12.3. The molecule has 0 aromatic carbocycles. The summed E-state index contributed by atoms with van der Waals surface area (Å²) >= 11 is 1.55. The molecule has 1 unspecified atom stereocenters. The zero-order chi connectivity index (χ0) is 20.9. The third-order valence-electron chi connectivity index (χ3n) is 4.51. The van der Waals surface area contributed by atoms with Crippen molar-refractivity contribution < 1.29 is 19.2 Å². The first-order valence-electron chi connectivity index (χ1n) is 10.1. The van der Waals surface area contributed by atoms with Crippen molar-refractivity contribution in [1.29, 1.82) is 0 Å². The van der Waals surface area contributed by atoms with Gasteiger partial charge in [-0.05, 0) is 18.6 Å². The molecule has 156 valence electrons. The van der Waals surface area contributed by atoms with Crippen LogP contribution in [0, 0.1) is 0 Å². The molecule has 0 aliphatic carbocycles. The number of allylic oxidation sites excluding steroid dienone is 1. The molecule has 0 saturated carbocycles. The van der Waals surface area contributed by atoms with E-state index in [1.165, 1.54) is 36.3 Å². The van der Waals surface area contributed by atoms with Crippen LogP contribution < -0.4 is 0 Å². The number of imide groups is 2. The van der Waals surface area contributed by atoms with Crippen LogP contribution in [0.2, 0.25) is 0 Å². The summed E-state index contributed by atoms with van der Waals surface area (Å²) in [4.78, 5) is 49.6. The number of carbonyl (C=O) groups excluding carboxylic acids is 4. The van der Waals surface area contributed by atoms with Gasteiger partial charge in [-0.1, -0.05) is 45.6 Å². The van der Waals surface area contributed by atoms with Crippen LogP contribution in [-0.2, 0) is 19.2 Å². The standard InChI is InChI=1S/C17H24N2O4S.C4H8/c1-2-3-4-5-6-11-24-13-12-16(22)19(17(13)23)10-9-18-14(20)7-8-15(18)21;1-3-4-2/h7-8,13H,2-6,9-12H2,1H3;3H,1,4H2,2H3. The summed E-state index contributed by atoms with van der Waals surface area (Å²) in [5, 5.41) is -0.313. The summed E-state index contributed by atoms with van der Waals surface area (Å²) in [7, 11) is 0. The molecule has 0 aromatic rings. The number of carbonyl (C=O) groups is 4. The van der Waals surface area contributed by atoms with Crippen LogP contribution >= 0.6 is 11.8 Å². The Morgan fingerprint density at radius 2 is 1.57 bits per heavy atom. The van der Waals surface area contributed by atoms with Crippen molar-refractivity contribution in [2.24, 2.45) is 0 Å². The molecule has 0 radical (unpaired) electrons. The van der Waals surface area contributed by atoms with Gasteiger partial charge in [0.2, 0.25) is 11.8 Å². The maximum Gasteiger partial charge on any atom is 0.253 e. The normalized spacial score (nSPS) is 18.7. The first kappa shape index (κ1) is 24.1. The monoisotopic (exact) mass is 408 g/mol. The summed E-state index contributed by atoms with van der Waals surface area (Å²) < 4.78 is 0. The number of hydrogen-bond donors (Lipinski definition) is 0. The smallest absolute Gasteiger partial charge is 0.253 e. The third-order valence-corrected chi connectivity index (χ3v) is 5.80. The van der Waals surface area contributed by atoms with Gasteiger partial charge in [-0.2, -0.15) is 0 Å². The Hall–Kier alpha value is -1.89. The van der Waals surface area contributed by atoms with Crippen molar-refractivity contribution in [3.63, 3.8) is 0 Å². The van der Waals surface area contributed by atoms with Gasteiger partial charge in [0, 0.05) is 31.7 Å². The highest BCUT2D eigenvalue weighted by atomic mass is 32.2. The zero-order valence-electron chi connectivity index (χ0n) is 17.0. The second-order valence-corrected chi connectivity index (χ2v) is 8.03. The zero-order valence-corrected chi connectivity index (χ0v) is 17.8. The van der Waals surface area contributed by atoms with Gasteiger partial charge in [-0.15, -0.1) is 18.3 Å². The molecule has 7 heteroatoms. The number of thioether (sulfide) groups is 1. The number of hydrogen-bond acceptors (Lipinski definition) is 5. The predicted octanol–water partition coefficient (Wildman–Crippen LogP) is 3.32. The lowest BCUT2D eigenvalue weighted by Crippen LogP contribution is -2.41. The number of likely N-dealkylation sites (tertiary alicyclic amines) is 1. The Bertz CT molecular complexity index is 585. The summed E-state index contributed by atoms with van der Waals surface area (Å²) in [6.45, 7) is 7.87. The van der Waals surface area contributed by atoms with E-state index in [9.17, 15) is 19.2 Å². The summed E-state index contributed by atoms with van der Waals surface area (Å²) in [6, 6.07) is 0. The van der Waals surface area contributed by atoms with E-state index >= 15 is 0 Å². The third kappa shape index (κ3) is 7.62.